The van der Waals surface area contributed by atoms with Crippen LogP contribution >= 0.6 is 0 Å². The largest absolute Gasteiger partial charge is 0.480 e. The molecule has 0 saturated carbocycles. The number of hydrogen-bond acceptors (Lipinski definition) is 5. The lowest BCUT2D eigenvalue weighted by molar-refractivity contribution is -0.140. The number of unbranched alkanes of at least 4 members (excludes halogenated alkanes) is 1. The van der Waals surface area contributed by atoms with Crippen molar-refractivity contribution in [2.75, 3.05) is 13.2 Å². The minimum absolute atomic E-state index is 0.433. The first-order valence-corrected chi connectivity index (χ1v) is 4.53. The number of carboxylic acids is 1. The Morgan fingerprint density at radius 1 is 1.27 bits per heavy atom. The second-order valence-electron chi connectivity index (χ2n) is 2.85. The van der Waals surface area contributed by atoms with E-state index in [-0.39, 0.29) is 0 Å². The third kappa shape index (κ3) is 15.6. The fourth-order valence-electron chi connectivity index (χ4n) is 0.651. The van der Waals surface area contributed by atoms with E-state index in [4.69, 9.17) is 32.2 Å². The van der Waals surface area contributed by atoms with Crippen LogP contribution in [0.25, 0.3) is 0 Å². The number of rotatable bonds is 6. The van der Waals surface area contributed by atoms with Crippen LogP contribution in [0.5, 0.6) is 0 Å². The summed E-state index contributed by atoms with van der Waals surface area (Å²) in [6.07, 6.45) is 2.42. The molecule has 8 N–H and O–H groups in total. The number of hydrogen-bond donors (Lipinski definition) is 5. The van der Waals surface area contributed by atoms with Gasteiger partial charge in [0.05, 0.1) is 6.04 Å². The van der Waals surface area contributed by atoms with E-state index in [0.717, 1.165) is 12.8 Å². The van der Waals surface area contributed by atoms with E-state index in [2.05, 4.69) is 0 Å². The minimum atomic E-state index is -1.19. The number of primary amides is 1. The summed E-state index contributed by atoms with van der Waals surface area (Å²) < 4.78 is 0. The van der Waals surface area contributed by atoms with Gasteiger partial charge in [-0.3, -0.25) is 4.79 Å². The third-order valence-corrected chi connectivity index (χ3v) is 1.47. The van der Waals surface area contributed by atoms with Gasteiger partial charge in [-0.2, -0.15) is 0 Å². The summed E-state index contributed by atoms with van der Waals surface area (Å²) in [6.45, 7) is -0.133. The van der Waals surface area contributed by atoms with E-state index >= 15 is 0 Å². The molecule has 7 nitrogen and oxygen atoms in total. The normalized spacial score (nSPS) is 11.1. The zero-order valence-electron chi connectivity index (χ0n) is 8.56. The molecular weight excluding hydrogens is 202 g/mol. The van der Waals surface area contributed by atoms with Crippen LogP contribution < -0.4 is 17.2 Å². The number of aliphatic hydroxyl groups is 1. The maximum absolute atomic E-state index is 10.4. The van der Waals surface area contributed by atoms with Gasteiger partial charge in [-0.25, -0.2) is 4.79 Å². The van der Waals surface area contributed by atoms with Crippen LogP contribution in [0.15, 0.2) is 0 Å². The Morgan fingerprint density at radius 2 is 1.73 bits per heavy atom. The van der Waals surface area contributed by atoms with Crippen LogP contribution in [0.1, 0.15) is 19.3 Å². The molecule has 0 spiro atoms. The summed E-state index contributed by atoms with van der Waals surface area (Å²) in [5.41, 5.74) is 15.5. The Hall–Kier alpha value is -1.18. The van der Waals surface area contributed by atoms with Crippen LogP contribution in [0.4, 0.5) is 0 Å². The number of carbonyl (C=O) groups is 2. The van der Waals surface area contributed by atoms with Crippen molar-refractivity contribution in [3.05, 3.63) is 0 Å². The summed E-state index contributed by atoms with van der Waals surface area (Å²) >= 11 is 0. The van der Waals surface area contributed by atoms with Gasteiger partial charge in [-0.1, -0.05) is 6.42 Å². The van der Waals surface area contributed by atoms with Gasteiger partial charge >= 0.3 is 5.97 Å². The quantitative estimate of drug-likeness (QED) is 0.327. The lowest BCUT2D eigenvalue weighted by Crippen LogP contribution is -2.36. The summed E-state index contributed by atoms with van der Waals surface area (Å²) in [4.78, 5) is 19.5. The lowest BCUT2D eigenvalue weighted by Gasteiger charge is -2.04. The van der Waals surface area contributed by atoms with Gasteiger partial charge in [-0.05, 0) is 19.4 Å². The molecule has 0 unspecified atom stereocenters. The zero-order chi connectivity index (χ0) is 12.3. The Morgan fingerprint density at radius 3 is 2.00 bits per heavy atom. The van der Waals surface area contributed by atoms with Crippen LogP contribution in [0.2, 0.25) is 0 Å². The van der Waals surface area contributed by atoms with E-state index in [1.54, 1.807) is 0 Å². The standard InChI is InChI=1S/C6H15N3O.C2H4O3/c7-4-2-1-3-5(8)6(9)10;3-1-2(4)5/h5H,1-4,7-8H2,(H2,9,10);3H,1H2,(H,4,5)/t5-;/m0./s1. The first-order valence-electron chi connectivity index (χ1n) is 4.53. The smallest absolute Gasteiger partial charge is 0.329 e. The molecule has 0 aromatic rings. The molecular formula is C8H19N3O4. The van der Waals surface area contributed by atoms with E-state index in [1.165, 1.54) is 0 Å². The molecule has 1 amide bonds. The highest BCUT2D eigenvalue weighted by Gasteiger charge is 2.06. The number of aliphatic carboxylic acids is 1. The molecule has 0 aliphatic carbocycles. The Bertz CT molecular complexity index is 187. The van der Waals surface area contributed by atoms with E-state index < -0.39 is 24.5 Å². The number of carbonyl (C=O) groups excluding carboxylic acids is 1. The van der Waals surface area contributed by atoms with Crippen molar-refractivity contribution in [3.8, 4) is 0 Å². The predicted octanol–water partition coefficient (Wildman–Crippen LogP) is -2.01. The molecule has 0 radical (unpaired) electrons. The van der Waals surface area contributed by atoms with Crippen LogP contribution in [-0.2, 0) is 9.59 Å². The predicted molar refractivity (Wildman–Crippen MR) is 54.8 cm³/mol. The van der Waals surface area contributed by atoms with Gasteiger partial charge in [0.1, 0.15) is 6.61 Å². The van der Waals surface area contributed by atoms with E-state index in [1.807, 2.05) is 0 Å². The highest BCUT2D eigenvalue weighted by molar-refractivity contribution is 5.79. The molecule has 0 aliphatic rings. The molecule has 15 heavy (non-hydrogen) atoms. The Balaban J connectivity index is 0. The van der Waals surface area contributed by atoms with Crippen molar-refractivity contribution in [1.29, 1.82) is 0 Å². The SMILES string of the molecule is NCCCC[C@H](N)C(N)=O.O=C(O)CO. The molecule has 0 aromatic carbocycles. The topological polar surface area (TPSA) is 153 Å². The average Bonchev–Trinajstić information content (AvgIpc) is 2.18. The molecule has 0 rings (SSSR count). The van der Waals surface area contributed by atoms with Crippen molar-refractivity contribution in [3.63, 3.8) is 0 Å². The second-order valence-corrected chi connectivity index (χ2v) is 2.85. The number of aliphatic hydroxyl groups excluding tert-OH is 1. The average molecular weight is 221 g/mol. The zero-order valence-corrected chi connectivity index (χ0v) is 8.56. The fourth-order valence-corrected chi connectivity index (χ4v) is 0.651. The Kier molecular flexibility index (Phi) is 11.8. The van der Waals surface area contributed by atoms with E-state index in [0.29, 0.717) is 13.0 Å². The maximum atomic E-state index is 10.4. The molecule has 0 saturated heterocycles. The number of nitrogens with two attached hydrogens (primary N) is 3. The molecule has 7 heteroatoms. The second kappa shape index (κ2) is 10.9. The van der Waals surface area contributed by atoms with Crippen LogP contribution in [0.3, 0.4) is 0 Å². The molecule has 0 aromatic heterocycles. The molecule has 0 heterocycles. The fraction of sp³-hybridized carbons (Fsp3) is 0.750. The lowest BCUT2D eigenvalue weighted by atomic mass is 10.1. The highest BCUT2D eigenvalue weighted by atomic mass is 16.4. The molecule has 90 valence electrons. The van der Waals surface area contributed by atoms with Gasteiger partial charge in [0.2, 0.25) is 5.91 Å². The maximum Gasteiger partial charge on any atom is 0.329 e. The minimum Gasteiger partial charge on any atom is -0.480 e. The monoisotopic (exact) mass is 221 g/mol. The molecule has 0 aliphatic heterocycles. The van der Waals surface area contributed by atoms with Gasteiger partial charge in [0.25, 0.3) is 0 Å². The van der Waals surface area contributed by atoms with Gasteiger partial charge in [0, 0.05) is 0 Å². The molecule has 0 fully saturated rings. The third-order valence-electron chi connectivity index (χ3n) is 1.47. The summed E-state index contributed by atoms with van der Waals surface area (Å²) in [7, 11) is 0. The summed E-state index contributed by atoms with van der Waals surface area (Å²) in [6, 6.07) is -0.494. The first kappa shape index (κ1) is 16.3. The summed E-state index contributed by atoms with van der Waals surface area (Å²) in [5, 5.41) is 15.0. The van der Waals surface area contributed by atoms with E-state index in [9.17, 15) is 4.79 Å². The number of carboxylic acid groups (broad SMARTS) is 1. The van der Waals surface area contributed by atoms with Crippen molar-refractivity contribution in [1.82, 2.24) is 0 Å². The van der Waals surface area contributed by atoms with Crippen molar-refractivity contribution in [2.45, 2.75) is 25.3 Å². The highest BCUT2D eigenvalue weighted by Crippen LogP contribution is 1.96. The summed E-state index contributed by atoms with van der Waals surface area (Å²) in [5.74, 6) is -1.62. The van der Waals surface area contributed by atoms with Crippen molar-refractivity contribution < 1.29 is 19.8 Å². The number of amides is 1. The van der Waals surface area contributed by atoms with Crippen molar-refractivity contribution in [2.24, 2.45) is 17.2 Å². The van der Waals surface area contributed by atoms with Gasteiger partial charge in [-0.15, -0.1) is 0 Å². The van der Waals surface area contributed by atoms with Gasteiger partial charge < -0.3 is 27.4 Å². The van der Waals surface area contributed by atoms with Crippen molar-refractivity contribution >= 4 is 11.9 Å². The molecule has 1 atom stereocenters. The van der Waals surface area contributed by atoms with Crippen LogP contribution in [0, 0.1) is 0 Å². The molecule has 0 bridgehead atoms. The van der Waals surface area contributed by atoms with Crippen LogP contribution in [-0.4, -0.2) is 41.3 Å². The van der Waals surface area contributed by atoms with Gasteiger partial charge in [0.15, 0.2) is 0 Å². The first-order chi connectivity index (χ1) is 6.95. The Labute approximate surface area is 88.2 Å².